The molecule has 2 rings (SSSR count). The van der Waals surface area contributed by atoms with E-state index >= 15 is 0 Å². The van der Waals surface area contributed by atoms with Crippen molar-refractivity contribution in [3.8, 4) is 0 Å². The summed E-state index contributed by atoms with van der Waals surface area (Å²) in [5.41, 5.74) is 1.12. The molecule has 0 amide bonds. The number of benzene rings is 2. The van der Waals surface area contributed by atoms with Crippen molar-refractivity contribution in [2.24, 2.45) is 4.99 Å². The Bertz CT molecular complexity index is 716. The van der Waals surface area contributed by atoms with Gasteiger partial charge in [0.1, 0.15) is 0 Å². The molecule has 0 spiro atoms. The Morgan fingerprint density at radius 3 is 2.42 bits per heavy atom. The van der Waals surface area contributed by atoms with Crippen LogP contribution in [-0.2, 0) is 0 Å². The maximum Gasteiger partial charge on any atom is 0.389 e. The smallest absolute Gasteiger partial charge is 0.356 e. The van der Waals surface area contributed by atoms with Crippen LogP contribution >= 0.6 is 24.0 Å². The highest BCUT2D eigenvalue weighted by Gasteiger charge is 2.25. The lowest BCUT2D eigenvalue weighted by atomic mass is 10.0. The van der Waals surface area contributed by atoms with Gasteiger partial charge in [-0.1, -0.05) is 36.4 Å². The molecule has 0 aliphatic rings. The van der Waals surface area contributed by atoms with E-state index in [0.29, 0.717) is 18.9 Å². The molecule has 2 N–H and O–H groups in total. The van der Waals surface area contributed by atoms with Crippen LogP contribution in [0.4, 0.5) is 13.2 Å². The lowest BCUT2D eigenvalue weighted by Gasteiger charge is -2.19. The van der Waals surface area contributed by atoms with Gasteiger partial charge in [-0.3, -0.25) is 4.99 Å². The fourth-order valence-corrected chi connectivity index (χ4v) is 2.62. The summed E-state index contributed by atoms with van der Waals surface area (Å²) in [4.78, 5) is 4.13. The van der Waals surface area contributed by atoms with Crippen molar-refractivity contribution in [2.75, 3.05) is 13.6 Å². The summed E-state index contributed by atoms with van der Waals surface area (Å²) in [6.45, 7) is 2.49. The summed E-state index contributed by atoms with van der Waals surface area (Å²) in [5, 5.41) is 8.69. The van der Waals surface area contributed by atoms with Crippen molar-refractivity contribution in [3.05, 3.63) is 48.0 Å². The lowest BCUT2D eigenvalue weighted by molar-refractivity contribution is -0.135. The summed E-state index contributed by atoms with van der Waals surface area (Å²) in [6, 6.07) is 14.5. The third-order valence-corrected chi connectivity index (χ3v) is 4.03. The lowest BCUT2D eigenvalue weighted by Crippen LogP contribution is -2.39. The average molecular weight is 479 g/mol. The van der Waals surface area contributed by atoms with E-state index in [1.165, 1.54) is 10.8 Å². The summed E-state index contributed by atoms with van der Waals surface area (Å²) in [6.07, 6.45) is -4.25. The number of rotatable bonds is 6. The van der Waals surface area contributed by atoms with E-state index in [9.17, 15) is 13.2 Å². The first kappa shape index (κ1) is 22.5. The van der Waals surface area contributed by atoms with Gasteiger partial charge in [0.15, 0.2) is 5.96 Å². The van der Waals surface area contributed by atoms with Gasteiger partial charge < -0.3 is 10.6 Å². The summed E-state index contributed by atoms with van der Waals surface area (Å²) >= 11 is 0. The van der Waals surface area contributed by atoms with Crippen molar-refractivity contribution in [1.29, 1.82) is 0 Å². The number of halogens is 4. The quantitative estimate of drug-likeness (QED) is 0.252. The molecule has 0 aromatic heterocycles. The number of unbranched alkanes of at least 4 members (excludes halogenated alkanes) is 1. The van der Waals surface area contributed by atoms with Crippen LogP contribution < -0.4 is 10.6 Å². The number of fused-ring (bicyclic) bond motifs is 1. The van der Waals surface area contributed by atoms with Crippen LogP contribution in [0.3, 0.4) is 0 Å². The molecule has 0 bridgehead atoms. The van der Waals surface area contributed by atoms with Crippen molar-refractivity contribution >= 4 is 40.7 Å². The number of hydrogen-bond donors (Lipinski definition) is 2. The van der Waals surface area contributed by atoms with E-state index in [1.807, 2.05) is 19.1 Å². The first-order valence-corrected chi connectivity index (χ1v) is 8.41. The Morgan fingerprint density at radius 1 is 1.08 bits per heavy atom. The molecule has 0 aliphatic heterocycles. The van der Waals surface area contributed by atoms with Gasteiger partial charge >= 0.3 is 6.18 Å². The van der Waals surface area contributed by atoms with Crippen LogP contribution in [0.5, 0.6) is 0 Å². The Hall–Kier alpha value is -1.51. The molecule has 2 aromatic rings. The fourth-order valence-electron chi connectivity index (χ4n) is 2.62. The van der Waals surface area contributed by atoms with E-state index in [0.717, 1.165) is 5.56 Å². The van der Waals surface area contributed by atoms with Gasteiger partial charge in [-0.15, -0.1) is 24.0 Å². The van der Waals surface area contributed by atoms with Crippen molar-refractivity contribution < 1.29 is 13.2 Å². The molecular formula is C19H25F3IN3. The van der Waals surface area contributed by atoms with Gasteiger partial charge in [0.2, 0.25) is 0 Å². The standard InChI is InChI=1S/C19H24F3N3.HI/c1-14(16-10-9-15-7-3-4-8-17(15)13-16)25-18(23-2)24-12-6-5-11-19(20,21)22;/h3-4,7-10,13-14H,5-6,11-12H2,1-2H3,(H2,23,24,25);1H. The van der Waals surface area contributed by atoms with E-state index in [4.69, 9.17) is 0 Å². The van der Waals surface area contributed by atoms with Crippen molar-refractivity contribution in [3.63, 3.8) is 0 Å². The molecule has 0 saturated carbocycles. The van der Waals surface area contributed by atoms with Gasteiger partial charge in [0, 0.05) is 20.0 Å². The minimum atomic E-state index is -4.08. The second kappa shape index (κ2) is 10.6. The van der Waals surface area contributed by atoms with Gasteiger partial charge in [0.05, 0.1) is 6.04 Å². The van der Waals surface area contributed by atoms with Crippen LogP contribution in [0.2, 0.25) is 0 Å². The third-order valence-electron chi connectivity index (χ3n) is 4.03. The first-order chi connectivity index (χ1) is 11.9. The Kier molecular flexibility index (Phi) is 9.18. The van der Waals surface area contributed by atoms with Gasteiger partial charge in [-0.05, 0) is 42.2 Å². The van der Waals surface area contributed by atoms with E-state index in [-0.39, 0.29) is 36.4 Å². The highest BCUT2D eigenvalue weighted by molar-refractivity contribution is 14.0. The van der Waals surface area contributed by atoms with Crippen LogP contribution in [0, 0.1) is 0 Å². The largest absolute Gasteiger partial charge is 0.389 e. The van der Waals surface area contributed by atoms with E-state index in [2.05, 4.69) is 46.0 Å². The molecule has 144 valence electrons. The molecule has 0 saturated heterocycles. The third kappa shape index (κ3) is 7.39. The Balaban J connectivity index is 0.00000338. The zero-order valence-corrected chi connectivity index (χ0v) is 17.3. The minimum Gasteiger partial charge on any atom is -0.356 e. The minimum absolute atomic E-state index is 0. The van der Waals surface area contributed by atoms with Gasteiger partial charge in [-0.2, -0.15) is 13.2 Å². The van der Waals surface area contributed by atoms with Crippen LogP contribution in [-0.4, -0.2) is 25.7 Å². The second-order valence-electron chi connectivity index (χ2n) is 6.04. The normalized spacial score (nSPS) is 13.2. The SMILES string of the molecule is CN=C(NCCCCC(F)(F)F)NC(C)c1ccc2ccccc2c1.I. The molecule has 0 radical (unpaired) electrons. The predicted molar refractivity (Wildman–Crippen MR) is 112 cm³/mol. The molecule has 26 heavy (non-hydrogen) atoms. The monoisotopic (exact) mass is 479 g/mol. The highest BCUT2D eigenvalue weighted by Crippen LogP contribution is 2.22. The zero-order valence-electron chi connectivity index (χ0n) is 14.9. The van der Waals surface area contributed by atoms with Crippen molar-refractivity contribution in [2.45, 2.75) is 38.4 Å². The Labute approximate surface area is 169 Å². The molecular weight excluding hydrogens is 454 g/mol. The maximum atomic E-state index is 12.1. The molecule has 2 aromatic carbocycles. The van der Waals surface area contributed by atoms with Gasteiger partial charge in [0.25, 0.3) is 0 Å². The number of aliphatic imine (C=N–C) groups is 1. The average Bonchev–Trinajstić information content (AvgIpc) is 2.58. The van der Waals surface area contributed by atoms with E-state index in [1.54, 1.807) is 7.05 Å². The maximum absolute atomic E-state index is 12.1. The second-order valence-corrected chi connectivity index (χ2v) is 6.04. The fraction of sp³-hybridized carbons (Fsp3) is 0.421. The topological polar surface area (TPSA) is 36.4 Å². The van der Waals surface area contributed by atoms with E-state index < -0.39 is 12.6 Å². The molecule has 0 aliphatic carbocycles. The molecule has 3 nitrogen and oxygen atoms in total. The Morgan fingerprint density at radius 2 is 1.77 bits per heavy atom. The number of guanidine groups is 1. The molecule has 1 unspecified atom stereocenters. The molecule has 0 fully saturated rings. The number of hydrogen-bond acceptors (Lipinski definition) is 1. The number of nitrogens with zero attached hydrogens (tertiary/aromatic N) is 1. The summed E-state index contributed by atoms with van der Waals surface area (Å²) < 4.78 is 36.4. The molecule has 0 heterocycles. The van der Waals surface area contributed by atoms with Crippen LogP contribution in [0.15, 0.2) is 47.5 Å². The van der Waals surface area contributed by atoms with Crippen LogP contribution in [0.25, 0.3) is 10.8 Å². The number of alkyl halides is 3. The van der Waals surface area contributed by atoms with Gasteiger partial charge in [-0.25, -0.2) is 0 Å². The molecule has 1 atom stereocenters. The van der Waals surface area contributed by atoms with Crippen LogP contribution in [0.1, 0.15) is 37.8 Å². The van der Waals surface area contributed by atoms with Crippen molar-refractivity contribution in [1.82, 2.24) is 10.6 Å². The summed E-state index contributed by atoms with van der Waals surface area (Å²) in [5.74, 6) is 0.590. The highest BCUT2D eigenvalue weighted by atomic mass is 127. The molecule has 7 heteroatoms. The first-order valence-electron chi connectivity index (χ1n) is 8.41. The number of nitrogens with one attached hydrogen (secondary N) is 2. The zero-order chi connectivity index (χ0) is 18.3. The predicted octanol–water partition coefficient (Wildman–Crippen LogP) is 5.42. The summed E-state index contributed by atoms with van der Waals surface area (Å²) in [7, 11) is 1.65.